The van der Waals surface area contributed by atoms with Crippen LogP contribution in [0.2, 0.25) is 0 Å². The zero-order valence-corrected chi connectivity index (χ0v) is 15.5. The fourth-order valence-electron chi connectivity index (χ4n) is 2.42. The molecule has 0 radical (unpaired) electrons. The molecule has 2 aromatic rings. The van der Waals surface area contributed by atoms with Gasteiger partial charge in [0.2, 0.25) is 10.0 Å². The molecule has 0 aromatic heterocycles. The van der Waals surface area contributed by atoms with Gasteiger partial charge in [-0.1, -0.05) is 48.0 Å². The van der Waals surface area contributed by atoms with Crippen molar-refractivity contribution in [3.8, 4) is 0 Å². The van der Waals surface area contributed by atoms with E-state index in [4.69, 9.17) is 0 Å². The van der Waals surface area contributed by atoms with Crippen molar-refractivity contribution in [3.05, 3.63) is 65.7 Å². The lowest BCUT2D eigenvalue weighted by Crippen LogP contribution is -2.30. The third-order valence-electron chi connectivity index (χ3n) is 3.83. The number of carbonyl (C=O) groups excluding carboxylic acids is 2. The van der Waals surface area contributed by atoms with Crippen molar-refractivity contribution in [1.29, 1.82) is 0 Å². The molecule has 0 aliphatic carbocycles. The Morgan fingerprint density at radius 3 is 2.23 bits per heavy atom. The van der Waals surface area contributed by atoms with Crippen LogP contribution in [0.1, 0.15) is 30.0 Å². The van der Waals surface area contributed by atoms with Gasteiger partial charge in [0, 0.05) is 6.42 Å². The Kier molecular flexibility index (Phi) is 6.65. The van der Waals surface area contributed by atoms with E-state index < -0.39 is 34.2 Å². The van der Waals surface area contributed by atoms with Crippen LogP contribution in [0.3, 0.4) is 0 Å². The van der Waals surface area contributed by atoms with Gasteiger partial charge >= 0.3 is 5.97 Å². The van der Waals surface area contributed by atoms with E-state index in [1.165, 1.54) is 19.2 Å². The first-order valence-electron chi connectivity index (χ1n) is 8.04. The standard InChI is InChI=1S/C19H21NO5S/c1-14-8-10-17(11-9-14)26(23,24)20-18(15-6-4-3-5-7-15)12-16(21)13-19(22)25-2/h3-11,18,20H,12-13H2,1-2H3. The Bertz CT molecular complexity index is 861. The van der Waals surface area contributed by atoms with Gasteiger partial charge in [-0.15, -0.1) is 0 Å². The molecule has 6 nitrogen and oxygen atoms in total. The zero-order valence-electron chi connectivity index (χ0n) is 14.6. The summed E-state index contributed by atoms with van der Waals surface area (Å²) in [7, 11) is -2.62. The fourth-order valence-corrected chi connectivity index (χ4v) is 3.64. The molecule has 2 aromatic carbocycles. The van der Waals surface area contributed by atoms with Crippen LogP contribution in [0, 0.1) is 6.92 Å². The average Bonchev–Trinajstić information content (AvgIpc) is 2.62. The molecule has 0 aliphatic rings. The minimum atomic E-state index is -3.82. The molecule has 0 fully saturated rings. The van der Waals surface area contributed by atoms with Crippen LogP contribution in [-0.2, 0) is 24.3 Å². The number of nitrogens with one attached hydrogen (secondary N) is 1. The number of hydrogen-bond acceptors (Lipinski definition) is 5. The maximum atomic E-state index is 12.7. The first-order valence-corrected chi connectivity index (χ1v) is 9.52. The van der Waals surface area contributed by atoms with Gasteiger partial charge in [-0.05, 0) is 24.6 Å². The molecule has 0 saturated carbocycles. The highest BCUT2D eigenvalue weighted by Gasteiger charge is 2.24. The molecule has 0 spiro atoms. The van der Waals surface area contributed by atoms with Crippen molar-refractivity contribution < 1.29 is 22.7 Å². The smallest absolute Gasteiger partial charge is 0.313 e. The molecule has 26 heavy (non-hydrogen) atoms. The maximum Gasteiger partial charge on any atom is 0.313 e. The average molecular weight is 375 g/mol. The second-order valence-electron chi connectivity index (χ2n) is 5.89. The Morgan fingerprint density at radius 2 is 1.65 bits per heavy atom. The van der Waals surface area contributed by atoms with Crippen LogP contribution >= 0.6 is 0 Å². The monoisotopic (exact) mass is 375 g/mol. The third-order valence-corrected chi connectivity index (χ3v) is 5.32. The van der Waals surface area contributed by atoms with Gasteiger partial charge in [0.15, 0.2) is 0 Å². The van der Waals surface area contributed by atoms with Crippen molar-refractivity contribution in [3.63, 3.8) is 0 Å². The van der Waals surface area contributed by atoms with E-state index in [-0.39, 0.29) is 11.3 Å². The molecule has 0 amide bonds. The molecule has 138 valence electrons. The number of benzene rings is 2. The second-order valence-corrected chi connectivity index (χ2v) is 7.61. The van der Waals surface area contributed by atoms with Gasteiger partial charge in [0.05, 0.1) is 18.0 Å². The molecule has 0 heterocycles. The summed E-state index contributed by atoms with van der Waals surface area (Å²) in [4.78, 5) is 23.5. The largest absolute Gasteiger partial charge is 0.469 e. The summed E-state index contributed by atoms with van der Waals surface area (Å²) < 4.78 is 32.4. The van der Waals surface area contributed by atoms with E-state index in [1.807, 2.05) is 6.92 Å². The van der Waals surface area contributed by atoms with Gasteiger partial charge in [-0.25, -0.2) is 13.1 Å². The quantitative estimate of drug-likeness (QED) is 0.566. The number of carbonyl (C=O) groups is 2. The molecule has 0 aliphatic heterocycles. The van der Waals surface area contributed by atoms with Crippen LogP contribution in [0.15, 0.2) is 59.5 Å². The van der Waals surface area contributed by atoms with E-state index in [0.29, 0.717) is 5.56 Å². The molecule has 1 unspecified atom stereocenters. The summed E-state index contributed by atoms with van der Waals surface area (Å²) in [6.45, 7) is 1.86. The van der Waals surface area contributed by atoms with Crippen LogP contribution in [0.4, 0.5) is 0 Å². The minimum Gasteiger partial charge on any atom is -0.469 e. The van der Waals surface area contributed by atoms with Gasteiger partial charge in [0.25, 0.3) is 0 Å². The molecule has 0 bridgehead atoms. The molecule has 1 N–H and O–H groups in total. The van der Waals surface area contributed by atoms with Crippen molar-refractivity contribution in [2.75, 3.05) is 7.11 Å². The maximum absolute atomic E-state index is 12.7. The minimum absolute atomic E-state index is 0.115. The number of methoxy groups -OCH3 is 1. The van der Waals surface area contributed by atoms with Crippen molar-refractivity contribution >= 4 is 21.8 Å². The number of esters is 1. The normalized spacial score (nSPS) is 12.4. The van der Waals surface area contributed by atoms with Crippen molar-refractivity contribution in [2.45, 2.75) is 30.7 Å². The van der Waals surface area contributed by atoms with Crippen molar-refractivity contribution in [1.82, 2.24) is 4.72 Å². The fraction of sp³-hybridized carbons (Fsp3) is 0.263. The number of rotatable bonds is 8. The molecule has 0 saturated heterocycles. The van der Waals surface area contributed by atoms with Gasteiger partial charge in [-0.3, -0.25) is 9.59 Å². The number of sulfonamides is 1. The van der Waals surface area contributed by atoms with E-state index in [1.54, 1.807) is 42.5 Å². The highest BCUT2D eigenvalue weighted by molar-refractivity contribution is 7.89. The molecule has 7 heteroatoms. The van der Waals surface area contributed by atoms with Gasteiger partial charge in [0.1, 0.15) is 12.2 Å². The summed E-state index contributed by atoms with van der Waals surface area (Å²) in [6.07, 6.45) is -0.545. The molecular formula is C19H21NO5S. The van der Waals surface area contributed by atoms with Crippen molar-refractivity contribution in [2.24, 2.45) is 0 Å². The molecular weight excluding hydrogens is 354 g/mol. The van der Waals surface area contributed by atoms with E-state index in [0.717, 1.165) is 5.56 Å². The topological polar surface area (TPSA) is 89.5 Å². The van der Waals surface area contributed by atoms with Crippen LogP contribution in [-0.4, -0.2) is 27.3 Å². The summed E-state index contributed by atoms with van der Waals surface area (Å²) in [5.74, 6) is -1.06. The van der Waals surface area contributed by atoms with E-state index in [2.05, 4.69) is 9.46 Å². The van der Waals surface area contributed by atoms with E-state index in [9.17, 15) is 18.0 Å². The second kappa shape index (κ2) is 8.73. The molecule has 2 rings (SSSR count). The lowest BCUT2D eigenvalue weighted by Gasteiger charge is -2.19. The third kappa shape index (κ3) is 5.50. The van der Waals surface area contributed by atoms with Crippen LogP contribution in [0.25, 0.3) is 0 Å². The predicted molar refractivity (Wildman–Crippen MR) is 96.9 cm³/mol. The van der Waals surface area contributed by atoms with Crippen LogP contribution < -0.4 is 4.72 Å². The Labute approximate surface area is 153 Å². The number of Topliss-reactive ketones (excluding diaryl/α,β-unsaturated/α-hetero) is 1. The number of aryl methyl sites for hydroxylation is 1. The zero-order chi connectivity index (χ0) is 19.2. The Hall–Kier alpha value is -2.51. The Balaban J connectivity index is 2.25. The summed E-state index contributed by atoms with van der Waals surface area (Å²) >= 11 is 0. The lowest BCUT2D eigenvalue weighted by atomic mass is 10.0. The predicted octanol–water partition coefficient (Wildman–Crippen LogP) is 2.54. The summed E-state index contributed by atoms with van der Waals surface area (Å²) in [6, 6.07) is 14.4. The summed E-state index contributed by atoms with van der Waals surface area (Å²) in [5.41, 5.74) is 1.58. The van der Waals surface area contributed by atoms with Gasteiger partial charge in [-0.2, -0.15) is 0 Å². The number of ketones is 1. The highest BCUT2D eigenvalue weighted by Crippen LogP contribution is 2.21. The summed E-state index contributed by atoms with van der Waals surface area (Å²) in [5, 5.41) is 0. The van der Waals surface area contributed by atoms with E-state index >= 15 is 0 Å². The molecule has 1 atom stereocenters. The number of ether oxygens (including phenoxy) is 1. The van der Waals surface area contributed by atoms with Gasteiger partial charge < -0.3 is 4.74 Å². The Morgan fingerprint density at radius 1 is 1.04 bits per heavy atom. The van der Waals surface area contributed by atoms with Crippen LogP contribution in [0.5, 0.6) is 0 Å². The first-order chi connectivity index (χ1) is 12.3. The highest BCUT2D eigenvalue weighted by atomic mass is 32.2. The first kappa shape index (κ1) is 19.8. The number of hydrogen-bond donors (Lipinski definition) is 1. The lowest BCUT2D eigenvalue weighted by molar-refractivity contribution is -0.143. The SMILES string of the molecule is COC(=O)CC(=O)CC(NS(=O)(=O)c1ccc(C)cc1)c1ccccc1.